The van der Waals surface area contributed by atoms with E-state index < -0.39 is 5.97 Å². The third kappa shape index (κ3) is 4.16. The van der Waals surface area contributed by atoms with Crippen molar-refractivity contribution in [3.8, 4) is 0 Å². The number of carboxylic acid groups (broad SMARTS) is 1. The number of hydrogen-bond donors (Lipinski definition) is 1. The summed E-state index contributed by atoms with van der Waals surface area (Å²) in [5.41, 5.74) is 0.150. The van der Waals surface area contributed by atoms with Gasteiger partial charge in [-0.1, -0.05) is 18.2 Å². The molecule has 0 saturated carbocycles. The molecule has 0 atom stereocenters. The first-order valence-electron chi connectivity index (χ1n) is 7.05. The van der Waals surface area contributed by atoms with Crippen LogP contribution in [0.15, 0.2) is 35.3 Å². The third-order valence-electron chi connectivity index (χ3n) is 4.20. The van der Waals surface area contributed by atoms with E-state index in [4.69, 9.17) is 4.99 Å². The van der Waals surface area contributed by atoms with Crippen LogP contribution in [-0.2, 0) is 4.79 Å². The van der Waals surface area contributed by atoms with E-state index in [0.717, 1.165) is 11.5 Å². The molecule has 0 fully saturated rings. The van der Waals surface area contributed by atoms with Gasteiger partial charge in [-0.25, -0.2) is 4.99 Å². The molecule has 2 rings (SSSR count). The van der Waals surface area contributed by atoms with Crippen molar-refractivity contribution in [3.05, 3.63) is 30.3 Å². The minimum atomic E-state index is -0.871. The summed E-state index contributed by atoms with van der Waals surface area (Å²) < 4.78 is 0. The average Bonchev–Trinajstić information content (AvgIpc) is 2.57. The lowest BCUT2D eigenvalue weighted by Crippen LogP contribution is -2.54. The zero-order valence-corrected chi connectivity index (χ0v) is 15.7. The largest absolute Gasteiger partial charge is 0.480 e. The molecule has 1 aromatic rings. The Kier molecular flexibility index (Phi) is 7.09. The molecule has 1 aliphatic heterocycles. The summed E-state index contributed by atoms with van der Waals surface area (Å²) in [4.78, 5) is 20.0. The highest BCUT2D eigenvalue weighted by Crippen LogP contribution is 2.35. The van der Waals surface area contributed by atoms with E-state index in [9.17, 15) is 9.90 Å². The molecule has 0 spiro atoms. The number of carbonyl (C=O) groups is 1. The SMILES string of the molecule is CN1C(C)(C)N=C(N(CC(=O)O)c2ccccc2)C1(C)C.Cl.Cl. The second-order valence-electron chi connectivity index (χ2n) is 6.36. The minimum absolute atomic E-state index is 0. The topological polar surface area (TPSA) is 56.1 Å². The lowest BCUT2D eigenvalue weighted by Gasteiger charge is -2.38. The number of para-hydroxylation sites is 1. The van der Waals surface area contributed by atoms with E-state index in [-0.39, 0.29) is 42.6 Å². The molecule has 0 aliphatic carbocycles. The van der Waals surface area contributed by atoms with E-state index in [1.807, 2.05) is 51.2 Å². The molecule has 0 aromatic heterocycles. The van der Waals surface area contributed by atoms with Crippen molar-refractivity contribution in [2.45, 2.75) is 38.9 Å². The highest BCUT2D eigenvalue weighted by molar-refractivity contribution is 6.07. The van der Waals surface area contributed by atoms with Gasteiger partial charge in [-0.15, -0.1) is 24.8 Å². The van der Waals surface area contributed by atoms with Crippen LogP contribution in [0.3, 0.4) is 0 Å². The maximum absolute atomic E-state index is 11.3. The van der Waals surface area contributed by atoms with E-state index in [2.05, 4.69) is 18.7 Å². The van der Waals surface area contributed by atoms with Crippen LogP contribution < -0.4 is 4.90 Å². The highest BCUT2D eigenvalue weighted by Gasteiger charge is 2.47. The number of benzene rings is 1. The van der Waals surface area contributed by atoms with Crippen molar-refractivity contribution in [2.24, 2.45) is 4.99 Å². The molecule has 1 aliphatic rings. The van der Waals surface area contributed by atoms with Crippen molar-refractivity contribution in [1.82, 2.24) is 4.90 Å². The highest BCUT2D eigenvalue weighted by atomic mass is 35.5. The predicted molar refractivity (Wildman–Crippen MR) is 99.3 cm³/mol. The molecule has 5 nitrogen and oxygen atoms in total. The summed E-state index contributed by atoms with van der Waals surface area (Å²) in [6, 6.07) is 9.54. The van der Waals surface area contributed by atoms with Crippen LogP contribution in [-0.4, -0.2) is 46.6 Å². The average molecular weight is 362 g/mol. The maximum Gasteiger partial charge on any atom is 0.323 e. The number of nitrogens with zero attached hydrogens (tertiary/aromatic N) is 3. The second kappa shape index (κ2) is 7.51. The Bertz CT molecular complexity index is 574. The number of aliphatic carboxylic acids is 1. The molecule has 0 unspecified atom stereocenters. The Morgan fingerprint density at radius 3 is 2.09 bits per heavy atom. The van der Waals surface area contributed by atoms with Gasteiger partial charge in [-0.05, 0) is 46.9 Å². The Morgan fingerprint density at radius 1 is 1.17 bits per heavy atom. The summed E-state index contributed by atoms with van der Waals surface area (Å²) in [7, 11) is 2.01. The van der Waals surface area contributed by atoms with Crippen LogP contribution in [0.25, 0.3) is 0 Å². The third-order valence-corrected chi connectivity index (χ3v) is 4.20. The lowest BCUT2D eigenvalue weighted by atomic mass is 10.00. The van der Waals surface area contributed by atoms with Crippen LogP contribution >= 0.6 is 24.8 Å². The monoisotopic (exact) mass is 361 g/mol. The van der Waals surface area contributed by atoms with Crippen LogP contribution in [0.4, 0.5) is 5.69 Å². The number of rotatable bonds is 3. The summed E-state index contributed by atoms with van der Waals surface area (Å²) in [5, 5.41) is 9.26. The lowest BCUT2D eigenvalue weighted by molar-refractivity contribution is -0.135. The molecule has 130 valence electrons. The van der Waals surface area contributed by atoms with E-state index in [0.29, 0.717) is 0 Å². The van der Waals surface area contributed by atoms with Crippen molar-refractivity contribution >= 4 is 42.3 Å². The van der Waals surface area contributed by atoms with Gasteiger partial charge in [0.15, 0.2) is 0 Å². The Balaban J connectivity index is 0.00000242. The fraction of sp³-hybridized carbons (Fsp3) is 0.500. The normalized spacial score (nSPS) is 18.4. The molecule has 0 radical (unpaired) electrons. The smallest absolute Gasteiger partial charge is 0.323 e. The number of carboxylic acids is 1. The molecule has 7 heteroatoms. The standard InChI is InChI=1S/C16H23N3O2.2ClH/c1-15(2)14(17-16(3,4)18(15)5)19(11-13(20)21)12-9-7-6-8-10-12;;/h6-10H,11H2,1-5H3,(H,20,21);2*1H. The first-order chi connectivity index (χ1) is 9.66. The Labute approximate surface area is 150 Å². The number of halogens is 2. The summed E-state index contributed by atoms with van der Waals surface area (Å²) in [6.07, 6.45) is 0. The fourth-order valence-electron chi connectivity index (χ4n) is 2.73. The van der Waals surface area contributed by atoms with Crippen molar-refractivity contribution < 1.29 is 9.90 Å². The van der Waals surface area contributed by atoms with Crippen molar-refractivity contribution in [2.75, 3.05) is 18.5 Å². The molecule has 0 saturated heterocycles. The molecule has 0 bridgehead atoms. The van der Waals surface area contributed by atoms with Crippen LogP contribution in [0.2, 0.25) is 0 Å². The summed E-state index contributed by atoms with van der Waals surface area (Å²) >= 11 is 0. The molecule has 1 heterocycles. The molecular weight excluding hydrogens is 337 g/mol. The van der Waals surface area contributed by atoms with Gasteiger partial charge >= 0.3 is 5.97 Å². The molecular formula is C16H25Cl2N3O2. The van der Waals surface area contributed by atoms with Gasteiger partial charge in [0.2, 0.25) is 0 Å². The van der Waals surface area contributed by atoms with Gasteiger partial charge in [0.25, 0.3) is 0 Å². The number of likely N-dealkylation sites (N-methyl/N-ethyl adjacent to an activating group) is 1. The Morgan fingerprint density at radius 2 is 1.70 bits per heavy atom. The summed E-state index contributed by atoms with van der Waals surface area (Å²) in [6.45, 7) is 8.10. The van der Waals surface area contributed by atoms with Gasteiger partial charge in [-0.3, -0.25) is 9.69 Å². The van der Waals surface area contributed by atoms with Gasteiger partial charge in [0.1, 0.15) is 18.0 Å². The van der Waals surface area contributed by atoms with Gasteiger partial charge in [0, 0.05) is 5.69 Å². The maximum atomic E-state index is 11.3. The van der Waals surface area contributed by atoms with E-state index in [1.165, 1.54) is 0 Å². The van der Waals surface area contributed by atoms with Crippen LogP contribution in [0, 0.1) is 0 Å². The number of aliphatic imine (C=N–C) groups is 1. The molecule has 0 amide bonds. The minimum Gasteiger partial charge on any atom is -0.480 e. The van der Waals surface area contributed by atoms with Crippen molar-refractivity contribution in [1.29, 1.82) is 0 Å². The van der Waals surface area contributed by atoms with E-state index in [1.54, 1.807) is 4.90 Å². The quantitative estimate of drug-likeness (QED) is 0.897. The molecule has 1 aromatic carbocycles. The van der Waals surface area contributed by atoms with Gasteiger partial charge in [0.05, 0.1) is 5.54 Å². The fourth-order valence-corrected chi connectivity index (χ4v) is 2.73. The van der Waals surface area contributed by atoms with Crippen LogP contribution in [0.5, 0.6) is 0 Å². The second-order valence-corrected chi connectivity index (χ2v) is 6.36. The number of anilines is 1. The van der Waals surface area contributed by atoms with Gasteiger partial charge < -0.3 is 10.0 Å². The zero-order valence-electron chi connectivity index (χ0n) is 14.1. The molecule has 23 heavy (non-hydrogen) atoms. The van der Waals surface area contributed by atoms with E-state index >= 15 is 0 Å². The van der Waals surface area contributed by atoms with Crippen LogP contribution in [0.1, 0.15) is 27.7 Å². The Hall–Kier alpha value is -1.30. The zero-order chi connectivity index (χ0) is 15.8. The molecule has 1 N–H and O–H groups in total. The number of amidine groups is 1. The van der Waals surface area contributed by atoms with Gasteiger partial charge in [-0.2, -0.15) is 0 Å². The predicted octanol–water partition coefficient (Wildman–Crippen LogP) is 3.28. The number of hydrogen-bond acceptors (Lipinski definition) is 4. The first kappa shape index (κ1) is 21.7. The van der Waals surface area contributed by atoms with Crippen molar-refractivity contribution in [3.63, 3.8) is 0 Å². The summed E-state index contributed by atoms with van der Waals surface area (Å²) in [5.74, 6) is -0.0895. The first-order valence-corrected chi connectivity index (χ1v) is 7.05.